The van der Waals surface area contributed by atoms with Crippen molar-refractivity contribution in [3.8, 4) is 23.0 Å². The van der Waals surface area contributed by atoms with Gasteiger partial charge in [-0.25, -0.2) is 27.0 Å². The molecule has 0 radical (unpaired) electrons. The van der Waals surface area contributed by atoms with Gasteiger partial charge in [0.25, 0.3) is 5.92 Å². The van der Waals surface area contributed by atoms with E-state index >= 15 is 8.78 Å². The summed E-state index contributed by atoms with van der Waals surface area (Å²) in [5, 5.41) is 33.2. The summed E-state index contributed by atoms with van der Waals surface area (Å²) in [5.41, 5.74) is -0.816. The zero-order chi connectivity index (χ0) is 41.4. The number of nitrogens with zero attached hydrogens (tertiary/aromatic N) is 5. The highest BCUT2D eigenvalue weighted by atomic mass is 35.5. The van der Waals surface area contributed by atoms with Crippen molar-refractivity contribution in [2.45, 2.75) is 56.7 Å². The molecule has 57 heavy (non-hydrogen) atoms. The van der Waals surface area contributed by atoms with E-state index in [1.165, 1.54) is 37.7 Å². The van der Waals surface area contributed by atoms with Gasteiger partial charge < -0.3 is 15.5 Å². The van der Waals surface area contributed by atoms with Gasteiger partial charge in [-0.3, -0.25) is 24.2 Å². The first-order chi connectivity index (χ1) is 26.6. The SMILES string of the molecule is Cn1nc(NS(C)(=O)=O)c2c(Cl)ccc(-c3ccc(C#CC(C)(C)O)nc3[C@H](Cc3cc(F)cc(F)c3)NC(=O)Cn3nc(NC(=O)O)c4c3C(F)(F)[C@@H]3C[C@H]43)c21. The normalized spacial score (nSPS) is 17.3. The van der Waals surface area contributed by atoms with Crippen LogP contribution in [-0.4, -0.2) is 67.0 Å². The zero-order valence-corrected chi connectivity index (χ0v) is 32.0. The molecule has 3 heterocycles. The van der Waals surface area contributed by atoms with E-state index in [-0.39, 0.29) is 57.4 Å². The summed E-state index contributed by atoms with van der Waals surface area (Å²) >= 11 is 6.59. The molecule has 20 heteroatoms. The number of hydrogen-bond acceptors (Lipinski definition) is 8. The van der Waals surface area contributed by atoms with Crippen LogP contribution in [0, 0.1) is 29.4 Å². The summed E-state index contributed by atoms with van der Waals surface area (Å²) < 4.78 is 89.1. The molecule has 0 bridgehead atoms. The smallest absolute Gasteiger partial charge is 0.410 e. The Morgan fingerprint density at radius 3 is 2.42 bits per heavy atom. The van der Waals surface area contributed by atoms with Crippen LogP contribution in [0.15, 0.2) is 42.5 Å². The predicted octanol–water partition coefficient (Wildman–Crippen LogP) is 5.66. The Kier molecular flexibility index (Phi) is 9.73. The molecule has 0 aliphatic heterocycles. The lowest BCUT2D eigenvalue weighted by molar-refractivity contribution is -0.122. The second kappa shape index (κ2) is 14.0. The Morgan fingerprint density at radius 1 is 1.09 bits per heavy atom. The lowest BCUT2D eigenvalue weighted by atomic mass is 9.93. The predicted molar refractivity (Wildman–Crippen MR) is 200 cm³/mol. The van der Waals surface area contributed by atoms with E-state index in [1.807, 2.05) is 5.32 Å². The highest BCUT2D eigenvalue weighted by Gasteiger charge is 2.67. The maximum Gasteiger partial charge on any atom is 0.410 e. The van der Waals surface area contributed by atoms with Crippen molar-refractivity contribution >= 4 is 56.2 Å². The molecule has 2 aliphatic rings. The number of rotatable bonds is 10. The number of benzene rings is 2. The van der Waals surface area contributed by atoms with Crippen LogP contribution in [0.25, 0.3) is 22.0 Å². The van der Waals surface area contributed by atoms with E-state index in [4.69, 9.17) is 16.6 Å². The minimum absolute atomic E-state index is 0.0155. The average molecular weight is 829 g/mol. The van der Waals surface area contributed by atoms with Crippen LogP contribution in [0.4, 0.5) is 34.0 Å². The number of carbonyl (C=O) groups excluding carboxylic acids is 1. The Bertz CT molecular complexity index is 2670. The Balaban J connectivity index is 1.38. The quantitative estimate of drug-likeness (QED) is 0.0874. The average Bonchev–Trinajstić information content (AvgIpc) is 3.64. The van der Waals surface area contributed by atoms with E-state index in [1.54, 1.807) is 12.1 Å². The van der Waals surface area contributed by atoms with E-state index in [0.717, 1.165) is 23.1 Å². The molecule has 7 rings (SSSR count). The van der Waals surface area contributed by atoms with Crippen molar-refractivity contribution in [1.29, 1.82) is 0 Å². The van der Waals surface area contributed by atoms with Gasteiger partial charge in [-0.2, -0.15) is 19.0 Å². The second-order valence-electron chi connectivity index (χ2n) is 14.5. The number of sulfonamides is 1. The fourth-order valence-electron chi connectivity index (χ4n) is 7.23. The van der Waals surface area contributed by atoms with Crippen molar-refractivity contribution in [2.75, 3.05) is 16.3 Å². The van der Waals surface area contributed by atoms with Gasteiger partial charge in [-0.1, -0.05) is 23.6 Å². The molecule has 0 unspecified atom stereocenters. The Labute approximate surface area is 327 Å². The molecule has 0 spiro atoms. The van der Waals surface area contributed by atoms with Crippen LogP contribution in [0.2, 0.25) is 5.02 Å². The highest BCUT2D eigenvalue weighted by molar-refractivity contribution is 7.92. The van der Waals surface area contributed by atoms with Gasteiger partial charge >= 0.3 is 6.09 Å². The first-order valence-corrected chi connectivity index (χ1v) is 19.5. The number of hydrogen-bond donors (Lipinski definition) is 5. The molecule has 5 aromatic rings. The molecular formula is C37H33ClF4N8O6S. The van der Waals surface area contributed by atoms with E-state index in [0.29, 0.717) is 22.7 Å². The monoisotopic (exact) mass is 828 g/mol. The molecule has 5 N–H and O–H groups in total. The number of aryl methyl sites for hydroxylation is 1. The molecule has 0 saturated heterocycles. The Hall–Kier alpha value is -5.71. The first kappa shape index (κ1) is 39.5. The summed E-state index contributed by atoms with van der Waals surface area (Å²) in [5.74, 6) is -2.80. The lowest BCUT2D eigenvalue weighted by Gasteiger charge is -2.23. The van der Waals surface area contributed by atoms with Gasteiger partial charge in [0, 0.05) is 35.7 Å². The third-order valence-corrected chi connectivity index (χ3v) is 10.3. The van der Waals surface area contributed by atoms with Crippen molar-refractivity contribution in [1.82, 2.24) is 29.9 Å². The maximum absolute atomic E-state index is 15.5. The molecular weight excluding hydrogens is 796 g/mol. The molecule has 2 aromatic carbocycles. The molecule has 2 amide bonds. The number of carbonyl (C=O) groups is 2. The zero-order valence-electron chi connectivity index (χ0n) is 30.5. The van der Waals surface area contributed by atoms with Crippen molar-refractivity contribution < 1.29 is 45.8 Å². The number of nitrogens with one attached hydrogen (secondary N) is 3. The first-order valence-electron chi connectivity index (χ1n) is 17.2. The van der Waals surface area contributed by atoms with Gasteiger partial charge in [-0.05, 0) is 74.4 Å². The van der Waals surface area contributed by atoms with E-state index < -0.39 is 75.3 Å². The molecule has 1 fully saturated rings. The summed E-state index contributed by atoms with van der Waals surface area (Å²) in [6.07, 6.45) is -0.777. The number of aliphatic hydroxyl groups is 1. The fourth-order valence-corrected chi connectivity index (χ4v) is 7.97. The number of fused-ring (bicyclic) bond motifs is 4. The summed E-state index contributed by atoms with van der Waals surface area (Å²) in [4.78, 5) is 30.3. The van der Waals surface area contributed by atoms with Crippen LogP contribution >= 0.6 is 11.6 Å². The van der Waals surface area contributed by atoms with Gasteiger partial charge in [0.1, 0.15) is 35.2 Å². The molecule has 2 aliphatic carbocycles. The van der Waals surface area contributed by atoms with Crippen LogP contribution < -0.4 is 15.4 Å². The standard InChI is InChI=1S/C37H33ClF4N8O6S/c1-36(2,54)10-9-20-5-6-21(22-7-8-25(38)29-31(22)49(3)46-34(29)48-57(4,55)56)30(43-20)26(13-17-11-18(39)14-19(40)12-17)44-27(51)16-50-32-28(33(47-50)45-35(52)53)23-15-24(23)37(32,41)42/h5-8,11-12,14,23-24,26,54H,13,15-16H2,1-4H3,(H,44,51)(H,45,47)(H,46,48)(H,52,53)/t23-,24+,26-/m0/s1. The van der Waals surface area contributed by atoms with Crippen molar-refractivity contribution in [2.24, 2.45) is 13.0 Å². The van der Waals surface area contributed by atoms with Gasteiger partial charge in [0.05, 0.1) is 33.9 Å². The molecule has 298 valence electrons. The van der Waals surface area contributed by atoms with E-state index in [9.17, 15) is 37.0 Å². The van der Waals surface area contributed by atoms with Crippen molar-refractivity contribution in [3.05, 3.63) is 87.3 Å². The van der Waals surface area contributed by atoms with Crippen LogP contribution in [0.3, 0.4) is 0 Å². The van der Waals surface area contributed by atoms with Gasteiger partial charge in [0.15, 0.2) is 11.6 Å². The third-order valence-electron chi connectivity index (χ3n) is 9.41. The van der Waals surface area contributed by atoms with E-state index in [2.05, 4.69) is 32.1 Å². The summed E-state index contributed by atoms with van der Waals surface area (Å²) in [6, 6.07) is 7.65. The lowest BCUT2D eigenvalue weighted by Crippen LogP contribution is -2.35. The van der Waals surface area contributed by atoms with Crippen LogP contribution in [0.1, 0.15) is 60.4 Å². The van der Waals surface area contributed by atoms with Crippen LogP contribution in [0.5, 0.6) is 0 Å². The Morgan fingerprint density at radius 2 is 1.77 bits per heavy atom. The third kappa shape index (κ3) is 7.97. The van der Waals surface area contributed by atoms with Crippen molar-refractivity contribution in [3.63, 3.8) is 0 Å². The minimum atomic E-state index is -3.82. The molecule has 3 atom stereocenters. The van der Waals surface area contributed by atoms with Gasteiger partial charge in [-0.15, -0.1) is 0 Å². The highest BCUT2D eigenvalue weighted by Crippen LogP contribution is 2.68. The minimum Gasteiger partial charge on any atom is -0.465 e. The van der Waals surface area contributed by atoms with Gasteiger partial charge in [0.2, 0.25) is 15.9 Å². The number of halogens is 5. The fraction of sp³-hybridized carbons (Fsp3) is 0.324. The number of alkyl halides is 2. The largest absolute Gasteiger partial charge is 0.465 e. The number of pyridine rings is 1. The summed E-state index contributed by atoms with van der Waals surface area (Å²) in [7, 11) is -2.28. The number of aromatic nitrogens is 5. The second-order valence-corrected chi connectivity index (χ2v) is 16.6. The van der Waals surface area contributed by atoms with Crippen LogP contribution in [-0.2, 0) is 40.8 Å². The molecule has 3 aromatic heterocycles. The number of anilines is 2. The number of carboxylic acid groups (broad SMARTS) is 1. The maximum atomic E-state index is 15.5. The summed E-state index contributed by atoms with van der Waals surface area (Å²) in [6.45, 7) is 2.08. The molecule has 14 nitrogen and oxygen atoms in total. The number of amides is 2. The topological polar surface area (TPSA) is 193 Å². The molecule has 1 saturated carbocycles.